The van der Waals surface area contributed by atoms with E-state index < -0.39 is 29.0 Å². The molecule has 0 amide bonds. The quantitative estimate of drug-likeness (QED) is 0.745. The molecule has 0 aliphatic rings. The molecule has 0 aromatic heterocycles. The van der Waals surface area contributed by atoms with E-state index in [0.29, 0.717) is 0 Å². The number of hydrogen-bond acceptors (Lipinski definition) is 1. The van der Waals surface area contributed by atoms with Crippen LogP contribution < -0.4 is 2.05 Å². The van der Waals surface area contributed by atoms with Gasteiger partial charge >= 0.3 is 97.5 Å². The van der Waals surface area contributed by atoms with Crippen molar-refractivity contribution in [1.29, 1.82) is 0 Å². The van der Waals surface area contributed by atoms with Crippen molar-refractivity contribution < 1.29 is 31.1 Å². The molecule has 0 saturated carbocycles. The molecule has 1 atom stereocenters. The van der Waals surface area contributed by atoms with E-state index in [1.807, 2.05) is 18.2 Å². The minimum atomic E-state index is -0.752. The van der Waals surface area contributed by atoms with Crippen LogP contribution in [0.4, 0.5) is 0 Å². The minimum absolute atomic E-state index is 0.263. The molecule has 0 bridgehead atoms. The summed E-state index contributed by atoms with van der Waals surface area (Å²) in [6.07, 6.45) is 2.70. The Bertz CT molecular complexity index is 228. The summed E-state index contributed by atoms with van der Waals surface area (Å²) in [6, 6.07) is 10.2. The van der Waals surface area contributed by atoms with E-state index in [9.17, 15) is 0 Å². The van der Waals surface area contributed by atoms with Crippen LogP contribution in [0.1, 0.15) is 13.3 Å². The molecule has 1 rings (SSSR count). The third-order valence-electron chi connectivity index (χ3n) is 1.69. The average Bonchev–Trinajstić information content (AvgIpc) is 2.17. The van der Waals surface area contributed by atoms with Crippen LogP contribution in [0.3, 0.4) is 0 Å². The van der Waals surface area contributed by atoms with Crippen LogP contribution in [0.15, 0.2) is 30.3 Å². The van der Waals surface area contributed by atoms with Crippen LogP contribution in [-0.4, -0.2) is 12.8 Å². The molecule has 1 aromatic rings. The Morgan fingerprint density at radius 1 is 1.31 bits per heavy atom. The molecule has 0 radical (unpaired) electrons. The van der Waals surface area contributed by atoms with Gasteiger partial charge in [0.05, 0.1) is 0 Å². The van der Waals surface area contributed by atoms with E-state index >= 15 is 0 Å². The van der Waals surface area contributed by atoms with Gasteiger partial charge in [0.1, 0.15) is 0 Å². The van der Waals surface area contributed by atoms with Gasteiger partial charge in [-0.1, -0.05) is 0 Å². The first-order chi connectivity index (χ1) is 6.33. The zero-order chi connectivity index (χ0) is 9.52. The summed E-state index contributed by atoms with van der Waals surface area (Å²) < 4.78 is 6.10. The summed E-state index contributed by atoms with van der Waals surface area (Å²) in [4.78, 5) is 0. The van der Waals surface area contributed by atoms with Crippen LogP contribution >= 0.6 is 4.17 Å². The second-order valence-electron chi connectivity index (χ2n) is 3.02. The average molecular weight is 271 g/mol. The Labute approximate surface area is 96.9 Å². The fourth-order valence-electron chi connectivity index (χ4n) is 1.06. The molecular formula is C10H15OPY. The molecule has 0 fully saturated rings. The van der Waals surface area contributed by atoms with Gasteiger partial charge in [0.25, 0.3) is 0 Å². The third-order valence-corrected chi connectivity index (χ3v) is 9.31. The standard InChI is InChI=1S/C6H6O.C4H10P.Y/c7-6-4-2-1-3-5-6;1-3-4-5-2;/h1-5,7H;3-4H2,1-2H3;/q;-1;+2/p-1. The van der Waals surface area contributed by atoms with Gasteiger partial charge in [0.2, 0.25) is 0 Å². The Kier molecular flexibility index (Phi) is 6.20. The Balaban J connectivity index is 2.27. The summed E-state index contributed by atoms with van der Waals surface area (Å²) >= 11 is -0.752. The Morgan fingerprint density at radius 3 is 2.62 bits per heavy atom. The summed E-state index contributed by atoms with van der Waals surface area (Å²) in [5.74, 6) is 1.08. The monoisotopic (exact) mass is 271 g/mol. The van der Waals surface area contributed by atoms with Crippen molar-refractivity contribution >= 4 is 4.17 Å². The first-order valence-corrected chi connectivity index (χ1v) is 11.6. The normalized spacial score (nSPS) is 11.8. The van der Waals surface area contributed by atoms with Gasteiger partial charge in [0, 0.05) is 0 Å². The number of benzene rings is 1. The van der Waals surface area contributed by atoms with E-state index in [0.717, 1.165) is 5.75 Å². The summed E-state index contributed by atoms with van der Waals surface area (Å²) in [5, 5.41) is 0. The molecule has 1 nitrogen and oxygen atoms in total. The predicted octanol–water partition coefficient (Wildman–Crippen LogP) is 3.50. The van der Waals surface area contributed by atoms with Crippen LogP contribution in [-0.2, 0) is 29.0 Å². The second-order valence-corrected chi connectivity index (χ2v) is 13.8. The zero-order valence-corrected chi connectivity index (χ0v) is 12.0. The summed E-state index contributed by atoms with van der Waals surface area (Å²) in [7, 11) is 0. The molecule has 0 aliphatic carbocycles. The number of hydrogen-bond donors (Lipinski definition) is 0. The van der Waals surface area contributed by atoms with Crippen molar-refractivity contribution in [3.8, 4) is 5.75 Å². The van der Waals surface area contributed by atoms with E-state index in [1.165, 1.54) is 12.6 Å². The van der Waals surface area contributed by atoms with E-state index in [1.54, 1.807) is 0 Å². The second kappa shape index (κ2) is 6.93. The molecule has 0 spiro atoms. The molecule has 3 heteroatoms. The molecule has 0 N–H and O–H groups in total. The van der Waals surface area contributed by atoms with Crippen LogP contribution in [0.2, 0.25) is 0 Å². The molecule has 1 aromatic carbocycles. The molecule has 0 heterocycles. The molecule has 69 valence electrons. The van der Waals surface area contributed by atoms with Crippen molar-refractivity contribution in [2.75, 3.05) is 12.8 Å². The molecular weight excluding hydrogens is 256 g/mol. The van der Waals surface area contributed by atoms with Crippen molar-refractivity contribution in [2.24, 2.45) is 0 Å². The van der Waals surface area contributed by atoms with E-state index in [2.05, 4.69) is 25.7 Å². The van der Waals surface area contributed by atoms with Gasteiger partial charge in [-0.15, -0.1) is 0 Å². The van der Waals surface area contributed by atoms with Gasteiger partial charge in [-0.3, -0.25) is 0 Å². The van der Waals surface area contributed by atoms with Gasteiger partial charge in [-0.05, 0) is 0 Å². The first kappa shape index (κ1) is 11.6. The van der Waals surface area contributed by atoms with Crippen LogP contribution in [0, 0.1) is 0 Å². The fourth-order valence-corrected chi connectivity index (χ4v) is 7.46. The van der Waals surface area contributed by atoms with Crippen LogP contribution in [0.25, 0.3) is 0 Å². The zero-order valence-electron chi connectivity index (χ0n) is 8.23. The molecule has 0 saturated heterocycles. The van der Waals surface area contributed by atoms with Gasteiger partial charge in [-0.2, -0.15) is 0 Å². The number of para-hydroxylation sites is 1. The molecule has 13 heavy (non-hydrogen) atoms. The van der Waals surface area contributed by atoms with Gasteiger partial charge < -0.3 is 0 Å². The summed E-state index contributed by atoms with van der Waals surface area (Å²) in [6.45, 7) is 4.63. The summed E-state index contributed by atoms with van der Waals surface area (Å²) in [5.41, 5.74) is 0. The van der Waals surface area contributed by atoms with Crippen molar-refractivity contribution in [3.63, 3.8) is 0 Å². The third kappa shape index (κ3) is 5.10. The number of rotatable bonds is 5. The Morgan fingerprint density at radius 2 is 2.00 bits per heavy atom. The topological polar surface area (TPSA) is 9.23 Å². The fraction of sp³-hybridized carbons (Fsp3) is 0.400. The molecule has 1 unspecified atom stereocenters. The van der Waals surface area contributed by atoms with Crippen LogP contribution in [0.5, 0.6) is 5.75 Å². The Hall–Kier alpha value is 0.554. The van der Waals surface area contributed by atoms with E-state index in [4.69, 9.17) is 2.05 Å². The van der Waals surface area contributed by atoms with Crippen molar-refractivity contribution in [1.82, 2.24) is 0 Å². The van der Waals surface area contributed by atoms with Gasteiger partial charge in [-0.25, -0.2) is 0 Å². The van der Waals surface area contributed by atoms with E-state index in [-0.39, 0.29) is 4.17 Å². The maximum absolute atomic E-state index is 5.84. The molecule has 0 aliphatic heterocycles. The van der Waals surface area contributed by atoms with Crippen molar-refractivity contribution in [3.05, 3.63) is 30.3 Å². The van der Waals surface area contributed by atoms with Crippen molar-refractivity contribution in [2.45, 2.75) is 13.3 Å². The first-order valence-electron chi connectivity index (χ1n) is 4.58. The van der Waals surface area contributed by atoms with Gasteiger partial charge in [0.15, 0.2) is 0 Å². The SMILES string of the molecule is CCC[P](C)[Y][O]c1ccccc1. The predicted molar refractivity (Wildman–Crippen MR) is 55.1 cm³/mol. The maximum atomic E-state index is 5.84.